The van der Waals surface area contributed by atoms with Crippen LogP contribution in [-0.4, -0.2) is 31.1 Å². The van der Waals surface area contributed by atoms with Crippen LogP contribution in [0.2, 0.25) is 0 Å². The Hall–Kier alpha value is -3.53. The molecule has 1 N–H and O–H groups in total. The van der Waals surface area contributed by atoms with Crippen LogP contribution in [0.4, 0.5) is 13.9 Å². The fourth-order valence-corrected chi connectivity index (χ4v) is 3.44. The lowest BCUT2D eigenvalue weighted by Crippen LogP contribution is -2.12. The number of thiazole rings is 1. The number of benzene rings is 2. The van der Waals surface area contributed by atoms with Gasteiger partial charge < -0.3 is 0 Å². The maximum Gasteiger partial charge on any atom is 0.257 e. The second-order valence-electron chi connectivity index (χ2n) is 5.85. The molecule has 0 aliphatic heterocycles. The molecule has 4 rings (SSSR count). The Bertz CT molecular complexity index is 1110. The van der Waals surface area contributed by atoms with Crippen molar-refractivity contribution in [2.45, 2.75) is 6.42 Å². The topological polar surface area (TPSA) is 85.6 Å². The third-order valence-electron chi connectivity index (χ3n) is 3.80. The predicted octanol–water partition coefficient (Wildman–Crippen LogP) is 3.24. The van der Waals surface area contributed by atoms with Gasteiger partial charge in [0.1, 0.15) is 18.0 Å². The minimum absolute atomic E-state index is 0.316. The van der Waals surface area contributed by atoms with Gasteiger partial charge in [0.2, 0.25) is 0 Å². The fraction of sp³-hybridized carbons (Fsp3) is 0.0556. The monoisotopic (exact) mass is 398 g/mol. The summed E-state index contributed by atoms with van der Waals surface area (Å²) in [5.74, 6) is -1.60. The third-order valence-corrected chi connectivity index (χ3v) is 4.71. The molecule has 140 valence electrons. The van der Waals surface area contributed by atoms with Crippen molar-refractivity contribution in [1.29, 1.82) is 0 Å². The van der Waals surface area contributed by atoms with Crippen molar-refractivity contribution >= 4 is 22.4 Å². The summed E-state index contributed by atoms with van der Waals surface area (Å²) < 4.78 is 28.1. The molecule has 0 bridgehead atoms. The largest absolute Gasteiger partial charge is 0.298 e. The van der Waals surface area contributed by atoms with Gasteiger partial charge in [-0.15, -0.1) is 16.4 Å². The van der Waals surface area contributed by atoms with Crippen LogP contribution in [0, 0.1) is 11.6 Å². The van der Waals surface area contributed by atoms with Crippen molar-refractivity contribution in [1.82, 2.24) is 25.2 Å². The van der Waals surface area contributed by atoms with E-state index in [0.29, 0.717) is 28.4 Å². The molecule has 0 spiro atoms. The molecule has 0 fully saturated rings. The number of amides is 1. The first kappa shape index (κ1) is 17.9. The molecule has 0 unspecified atom stereocenters. The van der Waals surface area contributed by atoms with Gasteiger partial charge in [0.15, 0.2) is 5.13 Å². The minimum Gasteiger partial charge on any atom is -0.298 e. The molecule has 0 radical (unpaired) electrons. The van der Waals surface area contributed by atoms with Crippen LogP contribution >= 0.6 is 11.3 Å². The Morgan fingerprint density at radius 1 is 1.14 bits per heavy atom. The zero-order chi connectivity index (χ0) is 19.5. The molecular formula is C18H12F2N6OS. The summed E-state index contributed by atoms with van der Waals surface area (Å²) in [4.78, 5) is 17.4. The van der Waals surface area contributed by atoms with Crippen LogP contribution in [0.5, 0.6) is 0 Å². The van der Waals surface area contributed by atoms with E-state index >= 15 is 0 Å². The first-order valence-electron chi connectivity index (χ1n) is 8.11. The number of hydrogen-bond donors (Lipinski definition) is 1. The Labute approximate surface area is 161 Å². The van der Waals surface area contributed by atoms with Crippen molar-refractivity contribution in [3.05, 3.63) is 82.6 Å². The van der Waals surface area contributed by atoms with Gasteiger partial charge in [0.25, 0.3) is 5.91 Å². The van der Waals surface area contributed by atoms with Crippen molar-refractivity contribution in [2.75, 3.05) is 5.32 Å². The maximum absolute atomic E-state index is 13.3. The molecule has 0 aliphatic carbocycles. The quantitative estimate of drug-likeness (QED) is 0.558. The normalized spacial score (nSPS) is 10.8. The Morgan fingerprint density at radius 2 is 1.96 bits per heavy atom. The first-order chi connectivity index (χ1) is 13.6. The number of carbonyl (C=O) groups excluding carboxylic acids is 1. The highest BCUT2D eigenvalue weighted by Gasteiger charge is 2.11. The second-order valence-corrected chi connectivity index (χ2v) is 6.96. The molecule has 0 aliphatic rings. The lowest BCUT2D eigenvalue weighted by Gasteiger charge is -2.04. The molecular weight excluding hydrogens is 386 g/mol. The predicted molar refractivity (Wildman–Crippen MR) is 98.4 cm³/mol. The average molecular weight is 398 g/mol. The highest BCUT2D eigenvalue weighted by atomic mass is 32.1. The van der Waals surface area contributed by atoms with Gasteiger partial charge in [-0.05, 0) is 46.3 Å². The summed E-state index contributed by atoms with van der Waals surface area (Å²) in [6.45, 7) is 0. The standard InChI is InChI=1S/C18H12F2N6OS/c19-13-4-11(5-14(20)8-13)6-16-9-21-18(28-16)23-17(27)12-2-1-3-15(7-12)26-10-22-24-25-26/h1-5,7-10H,6H2,(H,21,23,27). The van der Waals surface area contributed by atoms with Gasteiger partial charge in [-0.3, -0.25) is 10.1 Å². The number of carbonyl (C=O) groups is 1. The number of tetrazole rings is 1. The molecule has 28 heavy (non-hydrogen) atoms. The molecule has 0 saturated carbocycles. The van der Waals surface area contributed by atoms with Gasteiger partial charge in [0, 0.05) is 29.1 Å². The lowest BCUT2D eigenvalue weighted by molar-refractivity contribution is 0.102. The molecule has 4 aromatic rings. The Balaban J connectivity index is 1.46. The zero-order valence-corrected chi connectivity index (χ0v) is 15.0. The van der Waals surface area contributed by atoms with Crippen molar-refractivity contribution in [2.24, 2.45) is 0 Å². The van der Waals surface area contributed by atoms with Crippen LogP contribution in [0.15, 0.2) is 55.0 Å². The van der Waals surface area contributed by atoms with E-state index in [9.17, 15) is 13.6 Å². The van der Waals surface area contributed by atoms with Crippen LogP contribution in [0.1, 0.15) is 20.8 Å². The first-order valence-corrected chi connectivity index (χ1v) is 8.93. The number of hydrogen-bond acceptors (Lipinski definition) is 6. The highest BCUT2D eigenvalue weighted by molar-refractivity contribution is 7.15. The molecule has 7 nitrogen and oxygen atoms in total. The lowest BCUT2D eigenvalue weighted by atomic mass is 10.1. The summed E-state index contributed by atoms with van der Waals surface area (Å²) in [7, 11) is 0. The van der Waals surface area contributed by atoms with Crippen LogP contribution in [0.3, 0.4) is 0 Å². The number of nitrogens with zero attached hydrogens (tertiary/aromatic N) is 5. The summed E-state index contributed by atoms with van der Waals surface area (Å²) in [5.41, 5.74) is 1.55. The SMILES string of the molecule is O=C(Nc1ncc(Cc2cc(F)cc(F)c2)s1)c1cccc(-n2cnnn2)c1. The van der Waals surface area contributed by atoms with E-state index in [1.54, 1.807) is 30.5 Å². The van der Waals surface area contributed by atoms with Gasteiger partial charge in [-0.1, -0.05) is 6.07 Å². The fourth-order valence-electron chi connectivity index (χ4n) is 2.60. The summed E-state index contributed by atoms with van der Waals surface area (Å²) in [5, 5.41) is 14.0. The maximum atomic E-state index is 13.3. The summed E-state index contributed by atoms with van der Waals surface area (Å²) in [6, 6.07) is 10.2. The number of aromatic nitrogens is 5. The molecule has 0 saturated heterocycles. The van der Waals surface area contributed by atoms with Crippen LogP contribution < -0.4 is 5.32 Å². The number of nitrogens with one attached hydrogen (secondary N) is 1. The average Bonchev–Trinajstić information content (AvgIpc) is 3.33. The molecule has 2 heterocycles. The van der Waals surface area contributed by atoms with Crippen molar-refractivity contribution < 1.29 is 13.6 Å². The van der Waals surface area contributed by atoms with E-state index < -0.39 is 11.6 Å². The minimum atomic E-state index is -0.629. The van der Waals surface area contributed by atoms with E-state index in [-0.39, 0.29) is 5.91 Å². The zero-order valence-electron chi connectivity index (χ0n) is 14.2. The Morgan fingerprint density at radius 3 is 2.71 bits per heavy atom. The number of halogens is 2. The van der Waals surface area contributed by atoms with Gasteiger partial charge in [-0.25, -0.2) is 18.4 Å². The Kier molecular flexibility index (Phi) is 4.85. The van der Waals surface area contributed by atoms with E-state index in [4.69, 9.17) is 0 Å². The van der Waals surface area contributed by atoms with E-state index in [1.165, 1.54) is 34.5 Å². The van der Waals surface area contributed by atoms with E-state index in [2.05, 4.69) is 25.8 Å². The van der Waals surface area contributed by atoms with Gasteiger partial charge in [0.05, 0.1) is 5.69 Å². The number of rotatable bonds is 5. The van der Waals surface area contributed by atoms with Crippen LogP contribution in [0.25, 0.3) is 5.69 Å². The molecule has 2 aromatic heterocycles. The number of anilines is 1. The molecule has 0 atom stereocenters. The van der Waals surface area contributed by atoms with Crippen LogP contribution in [-0.2, 0) is 6.42 Å². The van der Waals surface area contributed by atoms with Gasteiger partial charge in [-0.2, -0.15) is 0 Å². The third kappa shape index (κ3) is 4.07. The smallest absolute Gasteiger partial charge is 0.257 e. The molecule has 2 aromatic carbocycles. The van der Waals surface area contributed by atoms with Gasteiger partial charge >= 0.3 is 0 Å². The van der Waals surface area contributed by atoms with E-state index in [1.807, 2.05) is 0 Å². The summed E-state index contributed by atoms with van der Waals surface area (Å²) >= 11 is 1.24. The molecule has 1 amide bonds. The van der Waals surface area contributed by atoms with E-state index in [0.717, 1.165) is 10.9 Å². The molecule has 10 heteroatoms. The second kappa shape index (κ2) is 7.61. The van der Waals surface area contributed by atoms with Crippen molar-refractivity contribution in [3.8, 4) is 5.69 Å². The summed E-state index contributed by atoms with van der Waals surface area (Å²) in [6.07, 6.45) is 3.32. The highest BCUT2D eigenvalue weighted by Crippen LogP contribution is 2.23. The van der Waals surface area contributed by atoms with Crippen molar-refractivity contribution in [3.63, 3.8) is 0 Å².